The highest BCUT2D eigenvalue weighted by atomic mass is 35.5. The van der Waals surface area contributed by atoms with Crippen molar-refractivity contribution in [1.82, 2.24) is 24.4 Å². The summed E-state index contributed by atoms with van der Waals surface area (Å²) in [6.07, 6.45) is -3.53. The number of carbonyl (C=O) groups excluding carboxylic acids is 1. The van der Waals surface area contributed by atoms with Gasteiger partial charge in [0, 0.05) is 47.7 Å². The molecule has 0 unspecified atom stereocenters. The lowest BCUT2D eigenvalue weighted by molar-refractivity contribution is -0.143. The first-order valence-electron chi connectivity index (χ1n) is 12.4. The van der Waals surface area contributed by atoms with Crippen LogP contribution in [0.4, 0.5) is 13.2 Å². The van der Waals surface area contributed by atoms with Gasteiger partial charge in [0.05, 0.1) is 24.0 Å². The second-order valence-electron chi connectivity index (χ2n) is 9.61. The Labute approximate surface area is 232 Å². The third kappa shape index (κ3) is 4.99. The number of benzene rings is 1. The largest absolute Gasteiger partial charge is 0.497 e. The number of methoxy groups -OCH3 is 1. The Hall–Kier alpha value is -3.15. The van der Waals surface area contributed by atoms with Crippen LogP contribution in [0.2, 0.25) is 5.02 Å². The molecule has 7 nitrogen and oxygen atoms in total. The van der Waals surface area contributed by atoms with Gasteiger partial charge in [-0.2, -0.15) is 18.3 Å². The molecule has 1 amide bonds. The molecule has 0 spiro atoms. The number of halogens is 4. The first kappa shape index (κ1) is 27.4. The first-order chi connectivity index (χ1) is 18.5. The van der Waals surface area contributed by atoms with E-state index in [0.717, 1.165) is 14.4 Å². The molecule has 1 aliphatic heterocycles. The van der Waals surface area contributed by atoms with Crippen LogP contribution >= 0.6 is 22.9 Å². The maximum Gasteiger partial charge on any atom is 0.433 e. The Morgan fingerprint density at radius 1 is 1.21 bits per heavy atom. The smallest absolute Gasteiger partial charge is 0.433 e. The van der Waals surface area contributed by atoms with E-state index in [4.69, 9.17) is 16.3 Å². The molecule has 1 aromatic carbocycles. The van der Waals surface area contributed by atoms with Gasteiger partial charge in [0.2, 0.25) is 0 Å². The van der Waals surface area contributed by atoms with Crippen LogP contribution in [0.5, 0.6) is 5.75 Å². The van der Waals surface area contributed by atoms with E-state index in [9.17, 15) is 18.0 Å². The Morgan fingerprint density at radius 2 is 1.92 bits per heavy atom. The molecule has 5 rings (SSSR count). The summed E-state index contributed by atoms with van der Waals surface area (Å²) in [6, 6.07) is 8.37. The summed E-state index contributed by atoms with van der Waals surface area (Å²) in [5, 5.41) is 6.65. The molecule has 4 heterocycles. The molecule has 0 radical (unpaired) electrons. The molecule has 3 aromatic heterocycles. The Bertz CT molecular complexity index is 1520. The number of piperazine rings is 1. The van der Waals surface area contributed by atoms with Gasteiger partial charge in [-0.3, -0.25) is 9.69 Å². The molecule has 39 heavy (non-hydrogen) atoms. The number of hydrogen-bond donors (Lipinski definition) is 0. The number of amides is 1. The summed E-state index contributed by atoms with van der Waals surface area (Å²) >= 11 is 7.93. The van der Waals surface area contributed by atoms with Gasteiger partial charge in [-0.25, -0.2) is 9.50 Å². The van der Waals surface area contributed by atoms with Gasteiger partial charge in [0.15, 0.2) is 11.3 Å². The standard InChI is InChI=1S/C27H27ClF3N5O2S/c1-15-14-34(17(3)23-21(28)9-12-39-23)10-11-35(15)26(37)20-13-32-36-24(27(29,30)31)16(2)22(33-25(20)36)18-5-7-19(38-4)8-6-18/h5-9,12-13,15,17H,10-11,14H2,1-4H3/t15-,17+/m1/s1. The summed E-state index contributed by atoms with van der Waals surface area (Å²) in [5.41, 5.74) is -0.528. The highest BCUT2D eigenvalue weighted by Gasteiger charge is 2.39. The van der Waals surface area contributed by atoms with Crippen molar-refractivity contribution in [2.75, 3.05) is 26.7 Å². The SMILES string of the molecule is COc1ccc(-c2nc3c(C(=O)N4CCN([C@@H](C)c5sccc5Cl)C[C@H]4C)cnn3c(C(F)(F)F)c2C)cc1. The fraction of sp³-hybridized carbons (Fsp3) is 0.370. The van der Waals surface area contributed by atoms with E-state index >= 15 is 0 Å². The first-order valence-corrected chi connectivity index (χ1v) is 13.6. The highest BCUT2D eigenvalue weighted by Crippen LogP contribution is 2.37. The van der Waals surface area contributed by atoms with Gasteiger partial charge >= 0.3 is 6.18 Å². The monoisotopic (exact) mass is 577 g/mol. The van der Waals surface area contributed by atoms with Crippen molar-refractivity contribution in [3.8, 4) is 17.0 Å². The van der Waals surface area contributed by atoms with Gasteiger partial charge in [-0.15, -0.1) is 11.3 Å². The summed E-state index contributed by atoms with van der Waals surface area (Å²) in [7, 11) is 1.51. The molecule has 0 bridgehead atoms. The number of carbonyl (C=O) groups is 1. The lowest BCUT2D eigenvalue weighted by Crippen LogP contribution is -2.54. The van der Waals surface area contributed by atoms with E-state index in [0.29, 0.717) is 30.9 Å². The molecule has 1 fully saturated rings. The van der Waals surface area contributed by atoms with Crippen LogP contribution in [0.1, 0.15) is 46.4 Å². The zero-order chi connectivity index (χ0) is 28.1. The van der Waals surface area contributed by atoms with Crippen LogP contribution in [-0.4, -0.2) is 63.1 Å². The molecule has 0 N–H and O–H groups in total. The Balaban J connectivity index is 1.50. The van der Waals surface area contributed by atoms with E-state index in [-0.39, 0.29) is 34.6 Å². The van der Waals surface area contributed by atoms with Crippen LogP contribution in [0, 0.1) is 6.92 Å². The van der Waals surface area contributed by atoms with E-state index in [2.05, 4.69) is 21.9 Å². The van der Waals surface area contributed by atoms with Crippen LogP contribution in [0.25, 0.3) is 16.9 Å². The zero-order valence-electron chi connectivity index (χ0n) is 21.8. The summed E-state index contributed by atoms with van der Waals surface area (Å²) < 4.78 is 48.7. The maximum absolute atomic E-state index is 14.3. The molecule has 2 atom stereocenters. The molecular formula is C27H27ClF3N5O2S. The van der Waals surface area contributed by atoms with E-state index in [1.54, 1.807) is 40.5 Å². The minimum Gasteiger partial charge on any atom is -0.497 e. The number of fused-ring (bicyclic) bond motifs is 1. The second kappa shape index (κ2) is 10.4. The van der Waals surface area contributed by atoms with Gasteiger partial charge in [-0.05, 0) is 56.5 Å². The Morgan fingerprint density at radius 3 is 2.51 bits per heavy atom. The highest BCUT2D eigenvalue weighted by molar-refractivity contribution is 7.10. The van der Waals surface area contributed by atoms with Crippen LogP contribution in [0.3, 0.4) is 0 Å². The molecular weight excluding hydrogens is 551 g/mol. The van der Waals surface area contributed by atoms with Crippen molar-refractivity contribution in [3.05, 3.63) is 68.6 Å². The zero-order valence-corrected chi connectivity index (χ0v) is 23.4. The van der Waals surface area contributed by atoms with Gasteiger partial charge in [0.25, 0.3) is 5.91 Å². The number of nitrogens with zero attached hydrogens (tertiary/aromatic N) is 5. The van der Waals surface area contributed by atoms with Gasteiger partial charge < -0.3 is 9.64 Å². The third-order valence-electron chi connectivity index (χ3n) is 7.24. The van der Waals surface area contributed by atoms with Crippen molar-refractivity contribution in [3.63, 3.8) is 0 Å². The number of thiophene rings is 1. The van der Waals surface area contributed by atoms with Crippen molar-refractivity contribution in [2.24, 2.45) is 0 Å². The van der Waals surface area contributed by atoms with E-state index in [1.807, 2.05) is 18.4 Å². The fourth-order valence-electron chi connectivity index (χ4n) is 5.15. The van der Waals surface area contributed by atoms with Crippen LogP contribution in [-0.2, 0) is 6.18 Å². The summed E-state index contributed by atoms with van der Waals surface area (Å²) in [4.78, 5) is 23.3. The molecule has 0 aliphatic carbocycles. The van der Waals surface area contributed by atoms with Gasteiger partial charge in [-0.1, -0.05) is 11.6 Å². The van der Waals surface area contributed by atoms with E-state index in [1.165, 1.54) is 20.2 Å². The number of hydrogen-bond acceptors (Lipinski definition) is 6. The van der Waals surface area contributed by atoms with Crippen molar-refractivity contribution >= 4 is 34.5 Å². The lowest BCUT2D eigenvalue weighted by Gasteiger charge is -2.42. The average Bonchev–Trinajstić information content (AvgIpc) is 3.52. The minimum absolute atomic E-state index is 0.0323. The molecule has 12 heteroatoms. The number of aromatic nitrogens is 3. The number of alkyl halides is 3. The van der Waals surface area contributed by atoms with Gasteiger partial charge in [0.1, 0.15) is 11.3 Å². The maximum atomic E-state index is 14.3. The van der Waals surface area contributed by atoms with Crippen LogP contribution in [0.15, 0.2) is 41.9 Å². The molecule has 1 aliphatic rings. The molecule has 4 aromatic rings. The predicted molar refractivity (Wildman–Crippen MR) is 145 cm³/mol. The normalized spacial score (nSPS) is 17.5. The predicted octanol–water partition coefficient (Wildman–Crippen LogP) is 6.35. The van der Waals surface area contributed by atoms with Crippen molar-refractivity contribution in [1.29, 1.82) is 0 Å². The topological polar surface area (TPSA) is 63.0 Å². The average molecular weight is 578 g/mol. The van der Waals surface area contributed by atoms with Crippen molar-refractivity contribution < 1.29 is 22.7 Å². The fourth-order valence-corrected chi connectivity index (χ4v) is 6.46. The quantitative estimate of drug-likeness (QED) is 0.276. The van der Waals surface area contributed by atoms with Crippen molar-refractivity contribution in [2.45, 2.75) is 39.0 Å². The van der Waals surface area contributed by atoms with Crippen LogP contribution < -0.4 is 4.74 Å². The summed E-state index contributed by atoms with van der Waals surface area (Å²) in [5.74, 6) is 0.168. The molecule has 206 valence electrons. The lowest BCUT2D eigenvalue weighted by atomic mass is 10.0. The second-order valence-corrected chi connectivity index (χ2v) is 11.0. The third-order valence-corrected chi connectivity index (χ3v) is 8.77. The number of rotatable bonds is 5. The number of ether oxygens (including phenoxy) is 1. The van der Waals surface area contributed by atoms with E-state index < -0.39 is 17.8 Å². The minimum atomic E-state index is -4.71. The summed E-state index contributed by atoms with van der Waals surface area (Å²) in [6.45, 7) is 6.98. The Kier molecular flexibility index (Phi) is 7.34. The molecule has 1 saturated heterocycles. The molecule has 0 saturated carbocycles.